The maximum Gasteiger partial charge on any atom is 0.410 e. The van der Waals surface area contributed by atoms with Gasteiger partial charge in [0.2, 0.25) is 0 Å². The normalized spacial score (nSPS) is 17.9. The second-order valence-corrected chi connectivity index (χ2v) is 7.66. The van der Waals surface area contributed by atoms with E-state index in [1.54, 1.807) is 23.0 Å². The highest BCUT2D eigenvalue weighted by molar-refractivity contribution is 5.98. The Morgan fingerprint density at radius 2 is 2.00 bits per heavy atom. The standard InChI is InChI=1S/C22H19F3N6O2/c23-22(24,25)19-11-17(18-3-1-10-33-18)29-20-16(13-28-31(19)20)21(32)26-12-14-4-6-15(7-5-14)30-9-2-8-27-30/h1-10,13,17,19,29H,11-12H2,(H,26,32)/t17-,19-/m1/s1. The highest BCUT2D eigenvalue weighted by Gasteiger charge is 2.47. The molecule has 0 radical (unpaired) electrons. The monoisotopic (exact) mass is 456 g/mol. The zero-order chi connectivity index (χ0) is 23.0. The van der Waals surface area contributed by atoms with Crippen molar-refractivity contribution in [2.24, 2.45) is 0 Å². The number of fused-ring (bicyclic) bond motifs is 1. The lowest BCUT2D eigenvalue weighted by Gasteiger charge is -2.32. The molecule has 5 rings (SSSR count). The summed E-state index contributed by atoms with van der Waals surface area (Å²) in [4.78, 5) is 12.8. The highest BCUT2D eigenvalue weighted by atomic mass is 19.4. The average Bonchev–Trinajstić information content (AvgIpc) is 3.58. The van der Waals surface area contributed by atoms with Crippen LogP contribution in [0.5, 0.6) is 0 Å². The zero-order valence-electron chi connectivity index (χ0n) is 17.2. The fraction of sp³-hybridized carbons (Fsp3) is 0.227. The Kier molecular flexibility index (Phi) is 5.15. The van der Waals surface area contributed by atoms with Gasteiger partial charge in [-0.05, 0) is 35.9 Å². The molecular weight excluding hydrogens is 437 g/mol. The SMILES string of the molecule is O=C(NCc1ccc(-n2cccn2)cc1)c1cnn2c1N[C@@H](c1ccco1)C[C@@H]2C(F)(F)F. The molecule has 33 heavy (non-hydrogen) atoms. The number of hydrogen-bond donors (Lipinski definition) is 2. The second kappa shape index (κ2) is 8.15. The molecule has 0 unspecified atom stereocenters. The first-order valence-electron chi connectivity index (χ1n) is 10.2. The zero-order valence-corrected chi connectivity index (χ0v) is 17.2. The van der Waals surface area contributed by atoms with Gasteiger partial charge in [0.15, 0.2) is 6.04 Å². The molecule has 0 fully saturated rings. The van der Waals surface area contributed by atoms with Gasteiger partial charge >= 0.3 is 6.18 Å². The van der Waals surface area contributed by atoms with Crippen LogP contribution < -0.4 is 10.6 Å². The van der Waals surface area contributed by atoms with E-state index in [-0.39, 0.29) is 24.3 Å². The summed E-state index contributed by atoms with van der Waals surface area (Å²) >= 11 is 0. The number of carbonyl (C=O) groups is 1. The van der Waals surface area contributed by atoms with Crippen molar-refractivity contribution in [2.45, 2.75) is 31.2 Å². The number of carbonyl (C=O) groups excluding carboxylic acids is 1. The summed E-state index contributed by atoms with van der Waals surface area (Å²) < 4.78 is 49.0. The van der Waals surface area contributed by atoms with Crippen LogP contribution in [-0.2, 0) is 6.54 Å². The van der Waals surface area contributed by atoms with Gasteiger partial charge in [-0.3, -0.25) is 4.79 Å². The summed E-state index contributed by atoms with van der Waals surface area (Å²) in [5, 5.41) is 13.8. The van der Waals surface area contributed by atoms with Crippen molar-refractivity contribution in [3.8, 4) is 5.69 Å². The lowest BCUT2D eigenvalue weighted by molar-refractivity contribution is -0.174. The largest absolute Gasteiger partial charge is 0.467 e. The summed E-state index contributed by atoms with van der Waals surface area (Å²) in [6.45, 7) is 0.202. The molecule has 0 saturated heterocycles. The molecule has 8 nitrogen and oxygen atoms in total. The Bertz CT molecular complexity index is 1230. The number of nitrogens with zero attached hydrogens (tertiary/aromatic N) is 4. The average molecular weight is 456 g/mol. The summed E-state index contributed by atoms with van der Waals surface area (Å²) in [5.41, 5.74) is 1.73. The Morgan fingerprint density at radius 3 is 2.67 bits per heavy atom. The molecule has 11 heteroatoms. The number of aromatic nitrogens is 4. The predicted molar refractivity (Wildman–Crippen MR) is 112 cm³/mol. The van der Waals surface area contributed by atoms with Crippen molar-refractivity contribution in [3.63, 3.8) is 0 Å². The second-order valence-electron chi connectivity index (χ2n) is 7.66. The van der Waals surface area contributed by atoms with Gasteiger partial charge in [-0.25, -0.2) is 9.36 Å². The minimum atomic E-state index is -4.53. The maximum absolute atomic E-state index is 13.7. The number of nitrogens with one attached hydrogen (secondary N) is 2. The molecule has 1 aliphatic rings. The lowest BCUT2D eigenvalue weighted by Crippen LogP contribution is -2.36. The van der Waals surface area contributed by atoms with Gasteiger partial charge in [-0.1, -0.05) is 12.1 Å². The van der Waals surface area contributed by atoms with Crippen molar-refractivity contribution >= 4 is 11.7 Å². The van der Waals surface area contributed by atoms with E-state index < -0.39 is 24.2 Å². The van der Waals surface area contributed by atoms with Gasteiger partial charge in [0.25, 0.3) is 5.91 Å². The van der Waals surface area contributed by atoms with Crippen LogP contribution in [0.25, 0.3) is 5.69 Å². The molecule has 1 aliphatic heterocycles. The van der Waals surface area contributed by atoms with Gasteiger partial charge < -0.3 is 15.1 Å². The van der Waals surface area contributed by atoms with Crippen LogP contribution in [0.1, 0.15) is 40.2 Å². The van der Waals surface area contributed by atoms with Crippen molar-refractivity contribution in [3.05, 3.63) is 84.2 Å². The van der Waals surface area contributed by atoms with Gasteiger partial charge in [-0.2, -0.15) is 23.4 Å². The summed E-state index contributed by atoms with van der Waals surface area (Å²) in [6, 6.07) is 9.82. The van der Waals surface area contributed by atoms with Crippen LogP contribution in [0, 0.1) is 0 Å². The van der Waals surface area contributed by atoms with Crippen molar-refractivity contribution in [1.82, 2.24) is 24.9 Å². The van der Waals surface area contributed by atoms with E-state index in [2.05, 4.69) is 20.8 Å². The van der Waals surface area contributed by atoms with E-state index in [1.807, 2.05) is 36.5 Å². The smallest absolute Gasteiger partial charge is 0.410 e. The van der Waals surface area contributed by atoms with E-state index in [0.717, 1.165) is 22.1 Å². The third kappa shape index (κ3) is 4.09. The van der Waals surface area contributed by atoms with Gasteiger partial charge in [0.1, 0.15) is 17.1 Å². The van der Waals surface area contributed by atoms with Gasteiger partial charge in [0.05, 0.1) is 24.2 Å². The summed E-state index contributed by atoms with van der Waals surface area (Å²) in [5.74, 6) is -0.155. The van der Waals surface area contributed by atoms with E-state index in [4.69, 9.17) is 4.42 Å². The number of halogens is 3. The maximum atomic E-state index is 13.7. The third-order valence-electron chi connectivity index (χ3n) is 5.53. The molecule has 4 heterocycles. The van der Waals surface area contributed by atoms with Gasteiger partial charge in [-0.15, -0.1) is 0 Å². The third-order valence-corrected chi connectivity index (χ3v) is 5.53. The first kappa shape index (κ1) is 20.9. The van der Waals surface area contributed by atoms with Crippen LogP contribution >= 0.6 is 0 Å². The molecule has 4 aromatic rings. The van der Waals surface area contributed by atoms with E-state index in [9.17, 15) is 18.0 Å². The van der Waals surface area contributed by atoms with Crippen LogP contribution in [0.15, 0.2) is 71.7 Å². The van der Waals surface area contributed by atoms with Crippen molar-refractivity contribution < 1.29 is 22.4 Å². The molecule has 170 valence electrons. The number of benzene rings is 1. The lowest BCUT2D eigenvalue weighted by atomic mass is 10.0. The molecule has 0 saturated carbocycles. The van der Waals surface area contributed by atoms with Crippen molar-refractivity contribution in [1.29, 1.82) is 0 Å². The first-order chi connectivity index (χ1) is 15.9. The minimum absolute atomic E-state index is 0.0107. The molecule has 0 bridgehead atoms. The van der Waals surface area contributed by atoms with E-state index in [1.165, 1.54) is 6.26 Å². The molecule has 3 aromatic heterocycles. The predicted octanol–water partition coefficient (Wildman–Crippen LogP) is 4.25. The summed E-state index contributed by atoms with van der Waals surface area (Å²) in [6.07, 6.45) is 1.22. The molecule has 2 N–H and O–H groups in total. The molecule has 0 spiro atoms. The fourth-order valence-electron chi connectivity index (χ4n) is 3.87. The Hall–Kier alpha value is -4.02. The topological polar surface area (TPSA) is 89.9 Å². The Balaban J connectivity index is 1.34. The van der Waals surface area contributed by atoms with Crippen LogP contribution in [-0.4, -0.2) is 31.6 Å². The number of rotatable bonds is 5. The first-order valence-corrected chi connectivity index (χ1v) is 10.2. The minimum Gasteiger partial charge on any atom is -0.467 e. The number of anilines is 1. The molecular formula is C22H19F3N6O2. The Morgan fingerprint density at radius 1 is 1.18 bits per heavy atom. The quantitative estimate of drug-likeness (QED) is 0.469. The molecule has 0 aliphatic carbocycles. The molecule has 2 atom stereocenters. The summed E-state index contributed by atoms with van der Waals surface area (Å²) in [7, 11) is 0. The molecule has 1 aromatic carbocycles. The highest BCUT2D eigenvalue weighted by Crippen LogP contribution is 2.44. The van der Waals surface area contributed by atoms with Crippen molar-refractivity contribution in [2.75, 3.05) is 5.32 Å². The van der Waals surface area contributed by atoms with Crippen LogP contribution in [0.2, 0.25) is 0 Å². The van der Waals surface area contributed by atoms with Crippen LogP contribution in [0.3, 0.4) is 0 Å². The number of hydrogen-bond acceptors (Lipinski definition) is 5. The number of amides is 1. The van der Waals surface area contributed by atoms with Gasteiger partial charge in [0, 0.05) is 25.4 Å². The Labute approximate surface area is 186 Å². The number of furan rings is 1. The fourth-order valence-corrected chi connectivity index (χ4v) is 3.87. The van der Waals surface area contributed by atoms with E-state index in [0.29, 0.717) is 5.76 Å². The molecule has 1 amide bonds. The number of alkyl halides is 3. The van der Waals surface area contributed by atoms with Crippen LogP contribution in [0.4, 0.5) is 19.0 Å². The van der Waals surface area contributed by atoms with E-state index >= 15 is 0 Å².